The minimum atomic E-state index is -0.592. The molecule has 1 saturated heterocycles. The van der Waals surface area contributed by atoms with Gasteiger partial charge in [0.05, 0.1) is 11.6 Å². The van der Waals surface area contributed by atoms with Gasteiger partial charge in [0, 0.05) is 6.54 Å². The Morgan fingerprint density at radius 1 is 1.25 bits per heavy atom. The third-order valence-corrected chi connectivity index (χ3v) is 4.02. The van der Waals surface area contributed by atoms with Crippen molar-refractivity contribution in [1.29, 1.82) is 0 Å². The monoisotopic (exact) mass is 336 g/mol. The molecule has 0 aromatic rings. The molecule has 0 aliphatic carbocycles. The van der Waals surface area contributed by atoms with Gasteiger partial charge in [-0.1, -0.05) is 19.8 Å². The molecule has 0 unspecified atom stereocenters. The van der Waals surface area contributed by atoms with E-state index in [-0.39, 0.29) is 17.8 Å². The molecule has 1 aliphatic rings. The fourth-order valence-electron chi connectivity index (χ4n) is 2.77. The number of hydrogen-bond acceptors (Lipinski definition) is 4. The number of terminal acetylenes is 1. The minimum absolute atomic E-state index is 0.0602. The highest BCUT2D eigenvalue weighted by Crippen LogP contribution is 2.23. The lowest BCUT2D eigenvalue weighted by Crippen LogP contribution is -2.57. The SMILES string of the molecule is C#CC(C)(C)N[C@H](C(=O)N1CCC[C@H]1C(=O)OC(C)(C)C)C(C)C. The van der Waals surface area contributed by atoms with E-state index in [1.165, 1.54) is 0 Å². The van der Waals surface area contributed by atoms with Crippen molar-refractivity contribution in [3.8, 4) is 12.3 Å². The van der Waals surface area contributed by atoms with Gasteiger partial charge in [-0.3, -0.25) is 10.1 Å². The first-order valence-electron chi connectivity index (χ1n) is 8.67. The average molecular weight is 336 g/mol. The van der Waals surface area contributed by atoms with Crippen LogP contribution in [-0.4, -0.2) is 46.5 Å². The van der Waals surface area contributed by atoms with Gasteiger partial charge in [-0.25, -0.2) is 4.79 Å². The van der Waals surface area contributed by atoms with Crippen LogP contribution in [0.4, 0.5) is 0 Å². The summed E-state index contributed by atoms with van der Waals surface area (Å²) in [4.78, 5) is 27.1. The van der Waals surface area contributed by atoms with Gasteiger partial charge in [-0.2, -0.15) is 0 Å². The lowest BCUT2D eigenvalue weighted by Gasteiger charge is -2.34. The first kappa shape index (κ1) is 20.5. The van der Waals surface area contributed by atoms with Crippen molar-refractivity contribution in [1.82, 2.24) is 10.2 Å². The second-order valence-corrected chi connectivity index (χ2v) is 8.36. The van der Waals surface area contributed by atoms with Gasteiger partial charge >= 0.3 is 5.97 Å². The lowest BCUT2D eigenvalue weighted by molar-refractivity contribution is -0.163. The summed E-state index contributed by atoms with van der Waals surface area (Å²) in [6, 6.07) is -0.937. The molecule has 5 nitrogen and oxygen atoms in total. The van der Waals surface area contributed by atoms with Gasteiger partial charge in [0.2, 0.25) is 5.91 Å². The number of nitrogens with one attached hydrogen (secondary N) is 1. The number of carbonyl (C=O) groups excluding carboxylic acids is 2. The summed E-state index contributed by atoms with van der Waals surface area (Å²) in [5.74, 6) is 2.32. The van der Waals surface area contributed by atoms with Crippen molar-refractivity contribution in [2.45, 2.75) is 84.5 Å². The summed E-state index contributed by atoms with van der Waals surface area (Å²) in [5, 5.41) is 3.25. The van der Waals surface area contributed by atoms with Crippen molar-refractivity contribution in [2.75, 3.05) is 6.54 Å². The summed E-state index contributed by atoms with van der Waals surface area (Å²) >= 11 is 0. The Morgan fingerprint density at radius 3 is 2.29 bits per heavy atom. The second-order valence-electron chi connectivity index (χ2n) is 8.36. The number of esters is 1. The van der Waals surface area contributed by atoms with E-state index >= 15 is 0 Å². The van der Waals surface area contributed by atoms with Gasteiger partial charge in [0.1, 0.15) is 11.6 Å². The molecule has 0 aromatic carbocycles. The molecule has 1 aliphatic heterocycles. The molecule has 1 heterocycles. The summed E-state index contributed by atoms with van der Waals surface area (Å²) in [7, 11) is 0. The van der Waals surface area contributed by atoms with Gasteiger partial charge in [-0.05, 0) is 53.4 Å². The van der Waals surface area contributed by atoms with E-state index in [4.69, 9.17) is 11.2 Å². The van der Waals surface area contributed by atoms with E-state index < -0.39 is 23.2 Å². The largest absolute Gasteiger partial charge is 0.458 e. The smallest absolute Gasteiger partial charge is 0.329 e. The highest BCUT2D eigenvalue weighted by Gasteiger charge is 2.40. The Labute approximate surface area is 146 Å². The van der Waals surface area contributed by atoms with E-state index in [1.807, 2.05) is 48.5 Å². The van der Waals surface area contributed by atoms with Crippen molar-refractivity contribution >= 4 is 11.9 Å². The molecule has 24 heavy (non-hydrogen) atoms. The molecule has 2 atom stereocenters. The van der Waals surface area contributed by atoms with Gasteiger partial charge in [-0.15, -0.1) is 6.42 Å². The predicted octanol–water partition coefficient (Wildman–Crippen LogP) is 2.35. The number of carbonyl (C=O) groups is 2. The molecule has 1 N–H and O–H groups in total. The topological polar surface area (TPSA) is 58.6 Å². The summed E-state index contributed by atoms with van der Waals surface area (Å²) in [6.45, 7) is 13.8. The van der Waals surface area contributed by atoms with Crippen molar-refractivity contribution < 1.29 is 14.3 Å². The molecule has 0 bridgehead atoms. The lowest BCUT2D eigenvalue weighted by atomic mass is 9.97. The molecule has 1 amide bonds. The van der Waals surface area contributed by atoms with Crippen molar-refractivity contribution in [2.24, 2.45) is 5.92 Å². The average Bonchev–Trinajstić information content (AvgIpc) is 2.91. The maximum absolute atomic E-state index is 13.0. The van der Waals surface area contributed by atoms with Gasteiger partial charge in [0.25, 0.3) is 0 Å². The van der Waals surface area contributed by atoms with Crippen LogP contribution in [0, 0.1) is 18.3 Å². The summed E-state index contributed by atoms with van der Waals surface area (Å²) in [6.07, 6.45) is 6.99. The molecule has 0 saturated carbocycles. The zero-order valence-corrected chi connectivity index (χ0v) is 16.1. The zero-order chi connectivity index (χ0) is 18.7. The van der Waals surface area contributed by atoms with Crippen LogP contribution in [0.3, 0.4) is 0 Å². The molecule has 5 heteroatoms. The van der Waals surface area contributed by atoms with Crippen LogP contribution in [0.1, 0.15) is 61.3 Å². The van der Waals surface area contributed by atoms with E-state index in [1.54, 1.807) is 4.90 Å². The van der Waals surface area contributed by atoms with E-state index in [0.29, 0.717) is 13.0 Å². The van der Waals surface area contributed by atoms with Crippen LogP contribution < -0.4 is 5.32 Å². The predicted molar refractivity (Wildman–Crippen MR) is 95.3 cm³/mol. The standard InChI is InChI=1S/C19H32N2O3/c1-9-19(7,8)20-15(13(2)3)16(22)21-12-10-11-14(21)17(23)24-18(4,5)6/h1,13-15,20H,10-12H2,2-8H3/t14-,15-/m0/s1. The maximum Gasteiger partial charge on any atom is 0.329 e. The van der Waals surface area contributed by atoms with Crippen molar-refractivity contribution in [3.05, 3.63) is 0 Å². The number of rotatable bonds is 5. The molecular formula is C19H32N2O3. The van der Waals surface area contributed by atoms with Crippen LogP contribution in [0.5, 0.6) is 0 Å². The molecule has 136 valence electrons. The first-order valence-corrected chi connectivity index (χ1v) is 8.67. The Hall–Kier alpha value is -1.54. The Morgan fingerprint density at radius 2 is 1.83 bits per heavy atom. The maximum atomic E-state index is 13.0. The third-order valence-electron chi connectivity index (χ3n) is 4.02. The van der Waals surface area contributed by atoms with Crippen LogP contribution in [0.25, 0.3) is 0 Å². The second kappa shape index (κ2) is 7.57. The third kappa shape index (κ3) is 5.52. The molecule has 1 rings (SSSR count). The highest BCUT2D eigenvalue weighted by atomic mass is 16.6. The Balaban J connectivity index is 2.93. The Bertz CT molecular complexity index is 512. The summed E-state index contributed by atoms with van der Waals surface area (Å²) in [5.41, 5.74) is -1.15. The molecule has 0 aromatic heterocycles. The molecule has 0 radical (unpaired) electrons. The number of ether oxygens (including phenoxy) is 1. The zero-order valence-electron chi connectivity index (χ0n) is 16.1. The fraction of sp³-hybridized carbons (Fsp3) is 0.789. The minimum Gasteiger partial charge on any atom is -0.458 e. The molecule has 0 spiro atoms. The van der Waals surface area contributed by atoms with E-state index in [0.717, 1.165) is 6.42 Å². The van der Waals surface area contributed by atoms with Crippen LogP contribution >= 0.6 is 0 Å². The van der Waals surface area contributed by atoms with E-state index in [9.17, 15) is 9.59 Å². The molecule has 1 fully saturated rings. The van der Waals surface area contributed by atoms with E-state index in [2.05, 4.69) is 11.2 Å². The Kier molecular flexibility index (Phi) is 6.46. The number of likely N-dealkylation sites (tertiary alicyclic amines) is 1. The van der Waals surface area contributed by atoms with Crippen LogP contribution in [-0.2, 0) is 14.3 Å². The quantitative estimate of drug-likeness (QED) is 0.618. The highest BCUT2D eigenvalue weighted by molar-refractivity contribution is 5.88. The number of amides is 1. The first-order chi connectivity index (χ1) is 10.9. The van der Waals surface area contributed by atoms with Crippen molar-refractivity contribution in [3.63, 3.8) is 0 Å². The fourth-order valence-corrected chi connectivity index (χ4v) is 2.77. The number of hydrogen-bond donors (Lipinski definition) is 1. The van der Waals surface area contributed by atoms with Gasteiger partial charge < -0.3 is 9.64 Å². The normalized spacial score (nSPS) is 20.0. The van der Waals surface area contributed by atoms with Crippen LogP contribution in [0.15, 0.2) is 0 Å². The van der Waals surface area contributed by atoms with Crippen LogP contribution in [0.2, 0.25) is 0 Å². The number of nitrogens with zero attached hydrogens (tertiary/aromatic N) is 1. The summed E-state index contributed by atoms with van der Waals surface area (Å²) < 4.78 is 5.48. The van der Waals surface area contributed by atoms with Gasteiger partial charge in [0.15, 0.2) is 0 Å². The molecular weight excluding hydrogens is 304 g/mol.